The number of carbonyl (C=O) groups is 1. The van der Waals surface area contributed by atoms with E-state index < -0.39 is 0 Å². The summed E-state index contributed by atoms with van der Waals surface area (Å²) in [5.41, 5.74) is 6.32. The Balaban J connectivity index is 1.62. The highest BCUT2D eigenvalue weighted by molar-refractivity contribution is 7.09. The van der Waals surface area contributed by atoms with E-state index >= 15 is 0 Å². The molecule has 0 bridgehead atoms. The maximum atomic E-state index is 11.6. The largest absolute Gasteiger partial charge is 0.491 e. The number of rotatable bonds is 7. The van der Waals surface area contributed by atoms with Crippen LogP contribution in [0, 0.1) is 0 Å². The molecule has 0 aliphatic rings. The first kappa shape index (κ1) is 14.3. The number of aromatic nitrogens is 1. The Kier molecular flexibility index (Phi) is 5.37. The van der Waals surface area contributed by atoms with Crippen molar-refractivity contribution >= 4 is 22.9 Å². The summed E-state index contributed by atoms with van der Waals surface area (Å²) in [6.07, 6.45) is 2.84. The molecule has 2 rings (SSSR count). The molecule has 0 saturated heterocycles. The molecule has 0 aliphatic carbocycles. The molecule has 1 heterocycles. The molecule has 106 valence electrons. The number of amides is 1. The van der Waals surface area contributed by atoms with Gasteiger partial charge in [0.2, 0.25) is 5.91 Å². The zero-order valence-electron chi connectivity index (χ0n) is 11.0. The van der Waals surface area contributed by atoms with Crippen LogP contribution in [0.2, 0.25) is 0 Å². The minimum atomic E-state index is -0.0314. The third kappa shape index (κ3) is 4.55. The molecule has 0 spiro atoms. The van der Waals surface area contributed by atoms with Crippen LogP contribution >= 0.6 is 11.3 Å². The molecule has 0 fully saturated rings. The lowest BCUT2D eigenvalue weighted by Crippen LogP contribution is -2.27. The Hall–Kier alpha value is -2.08. The fourth-order valence-electron chi connectivity index (χ4n) is 1.64. The van der Waals surface area contributed by atoms with Gasteiger partial charge in [-0.1, -0.05) is 12.1 Å². The molecule has 1 amide bonds. The Labute approximate surface area is 121 Å². The number of carbonyl (C=O) groups excluding carboxylic acids is 1. The Bertz CT molecular complexity index is 543. The summed E-state index contributed by atoms with van der Waals surface area (Å²) in [5, 5.41) is 5.79. The molecule has 1 aromatic heterocycles. The number of nitrogens with zero attached hydrogens (tertiary/aromatic N) is 1. The van der Waals surface area contributed by atoms with Gasteiger partial charge in [-0.2, -0.15) is 0 Å². The van der Waals surface area contributed by atoms with Crippen molar-refractivity contribution in [3.05, 3.63) is 40.8 Å². The molecule has 20 heavy (non-hydrogen) atoms. The van der Waals surface area contributed by atoms with Gasteiger partial charge in [-0.25, -0.2) is 4.98 Å². The van der Waals surface area contributed by atoms with E-state index in [9.17, 15) is 4.79 Å². The average molecular weight is 291 g/mol. The van der Waals surface area contributed by atoms with Crippen LogP contribution in [-0.2, 0) is 11.2 Å². The fourth-order valence-corrected chi connectivity index (χ4v) is 2.26. The lowest BCUT2D eigenvalue weighted by molar-refractivity contribution is -0.121. The summed E-state index contributed by atoms with van der Waals surface area (Å²) < 4.78 is 5.46. The molecule has 1 aromatic carbocycles. The SMILES string of the molecule is Nc1ccccc1OCCC(=O)NCCc1nccs1. The van der Waals surface area contributed by atoms with Crippen LogP contribution in [0.3, 0.4) is 0 Å². The summed E-state index contributed by atoms with van der Waals surface area (Å²) in [6.45, 7) is 0.914. The van der Waals surface area contributed by atoms with Gasteiger partial charge in [0.05, 0.1) is 23.7 Å². The standard InChI is InChI=1S/C14H17N3O2S/c15-11-3-1-2-4-12(11)19-9-6-13(18)16-7-5-14-17-8-10-20-14/h1-4,8,10H,5-7,9,15H2,(H,16,18). The first-order valence-electron chi connectivity index (χ1n) is 6.38. The van der Waals surface area contributed by atoms with Gasteiger partial charge in [0, 0.05) is 24.5 Å². The normalized spacial score (nSPS) is 10.2. The lowest BCUT2D eigenvalue weighted by Gasteiger charge is -2.08. The van der Waals surface area contributed by atoms with Crippen molar-refractivity contribution in [2.75, 3.05) is 18.9 Å². The number of nitrogens with one attached hydrogen (secondary N) is 1. The summed E-state index contributed by atoms with van der Waals surface area (Å²) in [5.74, 6) is 0.583. The topological polar surface area (TPSA) is 77.2 Å². The van der Waals surface area contributed by atoms with Gasteiger partial charge in [0.25, 0.3) is 0 Å². The van der Waals surface area contributed by atoms with Gasteiger partial charge in [-0.3, -0.25) is 4.79 Å². The highest BCUT2D eigenvalue weighted by Crippen LogP contribution is 2.19. The van der Waals surface area contributed by atoms with Crippen molar-refractivity contribution in [2.45, 2.75) is 12.8 Å². The number of nitrogens with two attached hydrogens (primary N) is 1. The molecule has 0 unspecified atom stereocenters. The van der Waals surface area contributed by atoms with Gasteiger partial charge < -0.3 is 15.8 Å². The second kappa shape index (κ2) is 7.49. The van der Waals surface area contributed by atoms with Gasteiger partial charge >= 0.3 is 0 Å². The van der Waals surface area contributed by atoms with Crippen molar-refractivity contribution in [1.82, 2.24) is 10.3 Å². The van der Waals surface area contributed by atoms with E-state index in [4.69, 9.17) is 10.5 Å². The summed E-state index contributed by atoms with van der Waals surface area (Å²) in [6, 6.07) is 7.24. The fraction of sp³-hybridized carbons (Fsp3) is 0.286. The maximum Gasteiger partial charge on any atom is 0.223 e. The van der Waals surface area contributed by atoms with Crippen LogP contribution in [0.25, 0.3) is 0 Å². The third-order valence-corrected chi connectivity index (χ3v) is 3.49. The molecular formula is C14H17N3O2S. The smallest absolute Gasteiger partial charge is 0.223 e. The number of ether oxygens (including phenoxy) is 1. The van der Waals surface area contributed by atoms with Crippen LogP contribution in [-0.4, -0.2) is 24.0 Å². The zero-order valence-corrected chi connectivity index (χ0v) is 11.9. The zero-order chi connectivity index (χ0) is 14.2. The predicted octanol–water partition coefficient (Wildman–Crippen LogP) is 1.85. The van der Waals surface area contributed by atoms with Gasteiger partial charge in [-0.15, -0.1) is 11.3 Å². The van der Waals surface area contributed by atoms with Crippen molar-refractivity contribution in [3.8, 4) is 5.75 Å². The molecular weight excluding hydrogens is 274 g/mol. The highest BCUT2D eigenvalue weighted by atomic mass is 32.1. The number of hydrogen-bond donors (Lipinski definition) is 2. The molecule has 3 N–H and O–H groups in total. The van der Waals surface area contributed by atoms with Crippen molar-refractivity contribution < 1.29 is 9.53 Å². The van der Waals surface area contributed by atoms with E-state index in [1.165, 1.54) is 0 Å². The van der Waals surface area contributed by atoms with Crippen molar-refractivity contribution in [3.63, 3.8) is 0 Å². The Morgan fingerprint density at radius 3 is 3.00 bits per heavy atom. The maximum absolute atomic E-state index is 11.6. The number of anilines is 1. The lowest BCUT2D eigenvalue weighted by atomic mass is 10.3. The van der Waals surface area contributed by atoms with Crippen LogP contribution in [0.1, 0.15) is 11.4 Å². The summed E-state index contributed by atoms with van der Waals surface area (Å²) >= 11 is 1.59. The number of benzene rings is 1. The highest BCUT2D eigenvalue weighted by Gasteiger charge is 2.04. The van der Waals surface area contributed by atoms with E-state index in [2.05, 4.69) is 10.3 Å². The Morgan fingerprint density at radius 2 is 2.25 bits per heavy atom. The molecule has 0 radical (unpaired) electrons. The number of hydrogen-bond acceptors (Lipinski definition) is 5. The minimum absolute atomic E-state index is 0.0314. The predicted molar refractivity (Wildman–Crippen MR) is 79.8 cm³/mol. The van der Waals surface area contributed by atoms with Crippen LogP contribution in [0.5, 0.6) is 5.75 Å². The minimum Gasteiger partial charge on any atom is -0.491 e. The molecule has 0 atom stereocenters. The molecule has 6 heteroatoms. The molecule has 5 nitrogen and oxygen atoms in total. The first-order chi connectivity index (χ1) is 9.75. The van der Waals surface area contributed by atoms with Crippen LogP contribution in [0.4, 0.5) is 5.69 Å². The molecule has 0 saturated carbocycles. The van der Waals surface area contributed by atoms with Gasteiger partial charge in [0.15, 0.2) is 0 Å². The van der Waals surface area contributed by atoms with E-state index in [0.29, 0.717) is 31.0 Å². The van der Waals surface area contributed by atoms with E-state index in [1.54, 1.807) is 29.7 Å². The van der Waals surface area contributed by atoms with Gasteiger partial charge in [0.1, 0.15) is 5.75 Å². The second-order valence-corrected chi connectivity index (χ2v) is 5.14. The summed E-state index contributed by atoms with van der Waals surface area (Å²) in [4.78, 5) is 15.8. The number of nitrogen functional groups attached to an aromatic ring is 1. The van der Waals surface area contributed by atoms with Crippen molar-refractivity contribution in [1.29, 1.82) is 0 Å². The molecule has 2 aromatic rings. The van der Waals surface area contributed by atoms with E-state index in [0.717, 1.165) is 11.4 Å². The van der Waals surface area contributed by atoms with Crippen LogP contribution < -0.4 is 15.8 Å². The monoisotopic (exact) mass is 291 g/mol. The number of para-hydroxylation sites is 2. The molecule has 0 aliphatic heterocycles. The first-order valence-corrected chi connectivity index (χ1v) is 7.26. The second-order valence-electron chi connectivity index (χ2n) is 4.16. The Morgan fingerprint density at radius 1 is 1.40 bits per heavy atom. The van der Waals surface area contributed by atoms with Gasteiger partial charge in [-0.05, 0) is 12.1 Å². The number of thiazole rings is 1. The van der Waals surface area contributed by atoms with Crippen molar-refractivity contribution in [2.24, 2.45) is 0 Å². The van der Waals surface area contributed by atoms with E-state index in [-0.39, 0.29) is 5.91 Å². The summed E-state index contributed by atoms with van der Waals surface area (Å²) in [7, 11) is 0. The average Bonchev–Trinajstić information content (AvgIpc) is 2.94. The van der Waals surface area contributed by atoms with E-state index in [1.807, 2.05) is 17.5 Å². The quantitative estimate of drug-likeness (QED) is 0.763. The van der Waals surface area contributed by atoms with Crippen LogP contribution in [0.15, 0.2) is 35.8 Å². The third-order valence-electron chi connectivity index (χ3n) is 2.65.